The summed E-state index contributed by atoms with van der Waals surface area (Å²) in [5.41, 5.74) is 10.3. The largest absolute Gasteiger partial charge is 0.386 e. The maximum absolute atomic E-state index is 13.9. The maximum Gasteiger partial charge on any atom is 0.248 e. The fourth-order valence-electron chi connectivity index (χ4n) is 1.97. The first kappa shape index (κ1) is 15.4. The van der Waals surface area contributed by atoms with Gasteiger partial charge in [-0.25, -0.2) is 4.39 Å². The van der Waals surface area contributed by atoms with Crippen LogP contribution in [0, 0.1) is 5.82 Å². The average molecular weight is 288 g/mol. The number of nitrogens with zero attached hydrogens (tertiary/aromatic N) is 1. The molecule has 0 aromatic heterocycles. The number of aliphatic imine (C=N–C) groups is 1. The molecule has 1 aliphatic heterocycles. The zero-order valence-corrected chi connectivity index (χ0v) is 11.2. The second-order valence-corrected chi connectivity index (χ2v) is 4.43. The van der Waals surface area contributed by atoms with Gasteiger partial charge in [0.15, 0.2) is 0 Å². The van der Waals surface area contributed by atoms with Gasteiger partial charge in [-0.2, -0.15) is 0 Å². The molecule has 4 N–H and O–H groups in total. The van der Waals surface area contributed by atoms with Gasteiger partial charge in [0.25, 0.3) is 0 Å². The number of rotatable bonds is 2. The number of benzene rings is 1. The quantitative estimate of drug-likeness (QED) is 0.848. The molecule has 0 saturated carbocycles. The van der Waals surface area contributed by atoms with Gasteiger partial charge in [0, 0.05) is 11.1 Å². The molecule has 0 unspecified atom stereocenters. The molecule has 1 atom stereocenters. The van der Waals surface area contributed by atoms with Crippen LogP contribution in [0.3, 0.4) is 0 Å². The Kier molecular flexibility index (Phi) is 4.49. The Morgan fingerprint density at radius 3 is 2.79 bits per heavy atom. The predicted molar refractivity (Wildman–Crippen MR) is 72.0 cm³/mol. The van der Waals surface area contributed by atoms with Gasteiger partial charge in [0.1, 0.15) is 23.8 Å². The summed E-state index contributed by atoms with van der Waals surface area (Å²) in [6.45, 7) is 2.13. The van der Waals surface area contributed by atoms with E-state index in [9.17, 15) is 9.18 Å². The Hall–Kier alpha value is -1.66. The first-order chi connectivity index (χ1) is 8.42. The summed E-state index contributed by atoms with van der Waals surface area (Å²) in [7, 11) is 0. The van der Waals surface area contributed by atoms with Crippen LogP contribution in [0.1, 0.15) is 22.8 Å². The van der Waals surface area contributed by atoms with Crippen molar-refractivity contribution >= 4 is 24.1 Å². The molecule has 2 rings (SSSR count). The molecular weight excluding hydrogens is 273 g/mol. The molecule has 1 aromatic rings. The molecule has 1 heterocycles. The molecule has 0 spiro atoms. The molecule has 0 bridgehead atoms. The standard InChI is InChI=1S/C12H14FN3O2.ClH/c1-12(6-18-5-10(14)16-12)8-4-7(11(15)17)2-3-9(8)13;/h2-4H,5-6H2,1H3,(H2,14,16)(H2,15,17);1H/t12-;/m0./s1. The Bertz CT molecular complexity index is 536. The van der Waals surface area contributed by atoms with Gasteiger partial charge in [-0.3, -0.25) is 9.79 Å². The lowest BCUT2D eigenvalue weighted by Crippen LogP contribution is -2.38. The number of primary amides is 1. The number of carbonyl (C=O) groups is 1. The van der Waals surface area contributed by atoms with Gasteiger partial charge in [0.2, 0.25) is 5.91 Å². The molecule has 0 fully saturated rings. The number of hydrogen-bond acceptors (Lipinski definition) is 4. The fraction of sp³-hybridized carbons (Fsp3) is 0.333. The average Bonchev–Trinajstić information content (AvgIpc) is 2.28. The monoisotopic (exact) mass is 287 g/mol. The van der Waals surface area contributed by atoms with Gasteiger partial charge in [-0.15, -0.1) is 12.4 Å². The van der Waals surface area contributed by atoms with Crippen molar-refractivity contribution in [3.05, 3.63) is 35.1 Å². The van der Waals surface area contributed by atoms with Crippen LogP contribution in [-0.4, -0.2) is 25.0 Å². The number of halogens is 2. The van der Waals surface area contributed by atoms with Gasteiger partial charge in [0.05, 0.1) is 6.61 Å². The van der Waals surface area contributed by atoms with Gasteiger partial charge in [-0.1, -0.05) is 0 Å². The summed E-state index contributed by atoms with van der Waals surface area (Å²) in [5.74, 6) is -0.786. The van der Waals surface area contributed by atoms with Crippen molar-refractivity contribution in [2.24, 2.45) is 16.5 Å². The molecular formula is C12H15ClFN3O2. The molecule has 0 saturated heterocycles. The van der Waals surface area contributed by atoms with E-state index < -0.39 is 17.3 Å². The molecule has 19 heavy (non-hydrogen) atoms. The van der Waals surface area contributed by atoms with E-state index in [1.807, 2.05) is 0 Å². The zero-order chi connectivity index (χ0) is 13.3. The summed E-state index contributed by atoms with van der Waals surface area (Å²) >= 11 is 0. The molecule has 5 nitrogen and oxygen atoms in total. The third kappa shape index (κ3) is 3.02. The van der Waals surface area contributed by atoms with E-state index in [2.05, 4.69) is 4.99 Å². The lowest BCUT2D eigenvalue weighted by molar-refractivity contribution is 0.0995. The number of ether oxygens (including phenoxy) is 1. The fourth-order valence-corrected chi connectivity index (χ4v) is 1.97. The van der Waals surface area contributed by atoms with Crippen molar-refractivity contribution in [2.45, 2.75) is 12.5 Å². The Morgan fingerprint density at radius 2 is 2.21 bits per heavy atom. The van der Waals surface area contributed by atoms with Crippen LogP contribution in [0.4, 0.5) is 4.39 Å². The van der Waals surface area contributed by atoms with Crippen LogP contribution < -0.4 is 11.5 Å². The first-order valence-electron chi connectivity index (χ1n) is 5.44. The van der Waals surface area contributed by atoms with Crippen LogP contribution in [0.2, 0.25) is 0 Å². The number of hydrogen-bond donors (Lipinski definition) is 2. The zero-order valence-electron chi connectivity index (χ0n) is 10.4. The van der Waals surface area contributed by atoms with Crippen LogP contribution in [0.5, 0.6) is 0 Å². The van der Waals surface area contributed by atoms with Crippen molar-refractivity contribution in [3.63, 3.8) is 0 Å². The van der Waals surface area contributed by atoms with Gasteiger partial charge in [-0.05, 0) is 25.1 Å². The van der Waals surface area contributed by atoms with Crippen molar-refractivity contribution in [1.29, 1.82) is 0 Å². The number of amidine groups is 1. The van der Waals surface area contributed by atoms with E-state index in [0.717, 1.165) is 0 Å². The minimum Gasteiger partial charge on any atom is -0.386 e. The smallest absolute Gasteiger partial charge is 0.248 e. The van der Waals surface area contributed by atoms with Crippen molar-refractivity contribution in [1.82, 2.24) is 0 Å². The highest BCUT2D eigenvalue weighted by Gasteiger charge is 2.33. The maximum atomic E-state index is 13.9. The van der Waals surface area contributed by atoms with Gasteiger partial charge < -0.3 is 16.2 Å². The van der Waals surface area contributed by atoms with E-state index in [-0.39, 0.29) is 36.7 Å². The number of carbonyl (C=O) groups excluding carboxylic acids is 1. The molecule has 0 aliphatic carbocycles. The summed E-state index contributed by atoms with van der Waals surface area (Å²) < 4.78 is 19.1. The molecule has 1 aliphatic rings. The van der Waals surface area contributed by atoms with E-state index in [1.54, 1.807) is 6.92 Å². The van der Waals surface area contributed by atoms with Crippen LogP contribution >= 0.6 is 12.4 Å². The summed E-state index contributed by atoms with van der Waals surface area (Å²) in [6.07, 6.45) is 0. The predicted octanol–water partition coefficient (Wildman–Crippen LogP) is 0.949. The van der Waals surface area contributed by atoms with Crippen LogP contribution in [-0.2, 0) is 10.3 Å². The van der Waals surface area contributed by atoms with E-state index in [0.29, 0.717) is 5.84 Å². The topological polar surface area (TPSA) is 90.7 Å². The minimum atomic E-state index is -0.933. The summed E-state index contributed by atoms with van der Waals surface area (Å²) in [4.78, 5) is 15.3. The first-order valence-corrected chi connectivity index (χ1v) is 5.44. The second kappa shape index (κ2) is 5.54. The molecule has 104 valence electrons. The number of nitrogens with two attached hydrogens (primary N) is 2. The molecule has 1 amide bonds. The highest BCUT2D eigenvalue weighted by atomic mass is 35.5. The SMILES string of the molecule is C[C@@]1(c2cc(C(N)=O)ccc2F)COCC(N)=N1.Cl. The van der Waals surface area contributed by atoms with Gasteiger partial charge >= 0.3 is 0 Å². The van der Waals surface area contributed by atoms with E-state index in [4.69, 9.17) is 16.2 Å². The third-order valence-electron chi connectivity index (χ3n) is 2.85. The Labute approximate surface area is 116 Å². The number of amides is 1. The highest BCUT2D eigenvalue weighted by Crippen LogP contribution is 2.30. The van der Waals surface area contributed by atoms with Crippen LogP contribution in [0.25, 0.3) is 0 Å². The summed E-state index contributed by atoms with van der Waals surface area (Å²) in [6, 6.07) is 3.92. The summed E-state index contributed by atoms with van der Waals surface area (Å²) in [5, 5.41) is 0. The highest BCUT2D eigenvalue weighted by molar-refractivity contribution is 5.93. The molecule has 7 heteroatoms. The molecule has 0 radical (unpaired) electrons. The lowest BCUT2D eigenvalue weighted by Gasteiger charge is -2.30. The third-order valence-corrected chi connectivity index (χ3v) is 2.85. The van der Waals surface area contributed by atoms with Crippen molar-refractivity contribution < 1.29 is 13.9 Å². The van der Waals surface area contributed by atoms with Crippen molar-refractivity contribution in [2.75, 3.05) is 13.2 Å². The normalized spacial score (nSPS) is 22.3. The Morgan fingerprint density at radius 1 is 1.53 bits per heavy atom. The second-order valence-electron chi connectivity index (χ2n) is 4.43. The van der Waals surface area contributed by atoms with E-state index >= 15 is 0 Å². The van der Waals surface area contributed by atoms with E-state index in [1.165, 1.54) is 18.2 Å². The lowest BCUT2D eigenvalue weighted by atomic mass is 9.91. The molecule has 1 aromatic carbocycles. The minimum absolute atomic E-state index is 0. The van der Waals surface area contributed by atoms with Crippen LogP contribution in [0.15, 0.2) is 23.2 Å². The van der Waals surface area contributed by atoms with Crippen molar-refractivity contribution in [3.8, 4) is 0 Å². The Balaban J connectivity index is 0.00000180.